The van der Waals surface area contributed by atoms with Crippen LogP contribution in [0.1, 0.15) is 30.1 Å². The molecule has 3 aromatic rings. The molecular formula is C20H22ClN9S. The Morgan fingerprint density at radius 1 is 1.06 bits per heavy atom. The molecule has 1 aliphatic carbocycles. The van der Waals surface area contributed by atoms with Crippen LogP contribution in [0.3, 0.4) is 0 Å². The molecule has 9 nitrogen and oxygen atoms in total. The summed E-state index contributed by atoms with van der Waals surface area (Å²) in [5, 5.41) is 9.44. The minimum absolute atomic E-state index is 0.0128. The first kappa shape index (κ1) is 20.2. The molecule has 1 aliphatic heterocycles. The zero-order valence-electron chi connectivity index (χ0n) is 16.7. The molecule has 31 heavy (non-hydrogen) atoms. The molecule has 11 heteroatoms. The van der Waals surface area contributed by atoms with E-state index in [1.54, 1.807) is 12.3 Å². The Labute approximate surface area is 188 Å². The summed E-state index contributed by atoms with van der Waals surface area (Å²) >= 11 is 7.48. The molecule has 1 spiro atoms. The van der Waals surface area contributed by atoms with Crippen molar-refractivity contribution in [1.82, 2.24) is 25.1 Å². The third-order valence-corrected chi connectivity index (χ3v) is 7.79. The molecule has 0 bridgehead atoms. The summed E-state index contributed by atoms with van der Waals surface area (Å²) in [4.78, 5) is 15.8. The van der Waals surface area contributed by atoms with Crippen molar-refractivity contribution in [2.75, 3.05) is 29.5 Å². The van der Waals surface area contributed by atoms with Crippen LogP contribution in [-0.4, -0.2) is 38.2 Å². The molecule has 1 fully saturated rings. The Morgan fingerprint density at radius 3 is 2.61 bits per heavy atom. The average Bonchev–Trinajstić information content (AvgIpc) is 3.05. The summed E-state index contributed by atoms with van der Waals surface area (Å²) in [7, 11) is 0. The number of aromatic nitrogens is 5. The molecular weight excluding hydrogens is 434 g/mol. The zero-order valence-corrected chi connectivity index (χ0v) is 18.3. The van der Waals surface area contributed by atoms with Gasteiger partial charge in [-0.25, -0.2) is 4.98 Å². The van der Waals surface area contributed by atoms with Crippen LogP contribution in [0, 0.1) is 5.41 Å². The number of hydrogen-bond acceptors (Lipinski definition) is 10. The van der Waals surface area contributed by atoms with E-state index in [0.717, 1.165) is 38.0 Å². The molecule has 2 aliphatic rings. The van der Waals surface area contributed by atoms with Gasteiger partial charge in [-0.2, -0.15) is 4.98 Å². The highest BCUT2D eigenvalue weighted by Gasteiger charge is 2.46. The van der Waals surface area contributed by atoms with Crippen LogP contribution in [0.25, 0.3) is 0 Å². The maximum atomic E-state index is 6.63. The fourth-order valence-electron chi connectivity index (χ4n) is 4.44. The number of nitrogens with zero attached hydrogens (tertiary/aromatic N) is 6. The highest BCUT2D eigenvalue weighted by Crippen LogP contribution is 2.50. The summed E-state index contributed by atoms with van der Waals surface area (Å²) in [6, 6.07) is 5.82. The van der Waals surface area contributed by atoms with Crippen LogP contribution in [0.15, 0.2) is 40.5 Å². The van der Waals surface area contributed by atoms with Gasteiger partial charge in [0.05, 0.1) is 5.02 Å². The maximum Gasteiger partial charge on any atom is 0.247 e. The first-order chi connectivity index (χ1) is 15.0. The van der Waals surface area contributed by atoms with Crippen molar-refractivity contribution in [3.8, 4) is 0 Å². The summed E-state index contributed by atoms with van der Waals surface area (Å²) in [6.45, 7) is 1.59. The van der Waals surface area contributed by atoms with E-state index in [4.69, 9.17) is 28.8 Å². The van der Waals surface area contributed by atoms with Crippen molar-refractivity contribution in [3.63, 3.8) is 0 Å². The number of nitrogens with two attached hydrogens (primary N) is 3. The van der Waals surface area contributed by atoms with E-state index in [-0.39, 0.29) is 17.3 Å². The summed E-state index contributed by atoms with van der Waals surface area (Å²) in [5.41, 5.74) is 20.9. The van der Waals surface area contributed by atoms with Gasteiger partial charge in [0.1, 0.15) is 5.82 Å². The van der Waals surface area contributed by atoms with Gasteiger partial charge in [0.25, 0.3) is 0 Å². The third-order valence-electron chi connectivity index (χ3n) is 6.24. The van der Waals surface area contributed by atoms with Gasteiger partial charge < -0.3 is 22.1 Å². The molecule has 0 aromatic carbocycles. The van der Waals surface area contributed by atoms with E-state index in [1.165, 1.54) is 17.3 Å². The Morgan fingerprint density at radius 2 is 1.87 bits per heavy atom. The van der Waals surface area contributed by atoms with Crippen LogP contribution >= 0.6 is 23.4 Å². The quantitative estimate of drug-likeness (QED) is 0.538. The van der Waals surface area contributed by atoms with Gasteiger partial charge in [-0.15, -0.1) is 10.2 Å². The van der Waals surface area contributed by atoms with Gasteiger partial charge in [0, 0.05) is 42.1 Å². The van der Waals surface area contributed by atoms with Crippen LogP contribution in [0.2, 0.25) is 5.02 Å². The average molecular weight is 456 g/mol. The highest BCUT2D eigenvalue weighted by atomic mass is 35.5. The number of piperidine rings is 1. The second-order valence-electron chi connectivity index (χ2n) is 7.96. The van der Waals surface area contributed by atoms with Gasteiger partial charge in [-0.1, -0.05) is 29.4 Å². The number of fused-ring (bicyclic) bond motifs is 1. The SMILES string of the molecule is Nc1nc(N2CCC3(CC2)Cc2ncccc2[C@H]3N)nnc1Sc1ccnc(N)c1Cl. The van der Waals surface area contributed by atoms with E-state index in [2.05, 4.69) is 36.1 Å². The number of nitrogen functional groups attached to an aromatic ring is 2. The van der Waals surface area contributed by atoms with Crippen LogP contribution in [0.5, 0.6) is 0 Å². The van der Waals surface area contributed by atoms with Gasteiger partial charge in [-0.05, 0) is 42.4 Å². The Balaban J connectivity index is 1.29. The molecule has 160 valence electrons. The Bertz CT molecular complexity index is 1130. The van der Waals surface area contributed by atoms with Gasteiger partial charge in [0.2, 0.25) is 5.95 Å². The minimum atomic E-state index is 0.0128. The predicted molar refractivity (Wildman–Crippen MR) is 121 cm³/mol. The van der Waals surface area contributed by atoms with E-state index < -0.39 is 0 Å². The molecule has 0 amide bonds. The molecule has 0 radical (unpaired) electrons. The fraction of sp³-hybridized carbons (Fsp3) is 0.350. The number of halogens is 1. The first-order valence-corrected chi connectivity index (χ1v) is 11.2. The molecule has 6 N–H and O–H groups in total. The predicted octanol–water partition coefficient (Wildman–Crippen LogP) is 2.47. The van der Waals surface area contributed by atoms with Crippen molar-refractivity contribution in [2.45, 2.75) is 35.2 Å². The minimum Gasteiger partial charge on any atom is -0.382 e. The topological polar surface area (TPSA) is 146 Å². The number of pyridine rings is 2. The summed E-state index contributed by atoms with van der Waals surface area (Å²) in [6.07, 6.45) is 6.23. The smallest absolute Gasteiger partial charge is 0.247 e. The second kappa shape index (κ2) is 7.77. The van der Waals surface area contributed by atoms with Crippen molar-refractivity contribution in [1.29, 1.82) is 0 Å². The lowest BCUT2D eigenvalue weighted by Gasteiger charge is -2.41. The van der Waals surface area contributed by atoms with Crippen molar-refractivity contribution >= 4 is 40.9 Å². The van der Waals surface area contributed by atoms with E-state index in [1.807, 2.05) is 12.3 Å². The van der Waals surface area contributed by atoms with Crippen LogP contribution in [-0.2, 0) is 6.42 Å². The van der Waals surface area contributed by atoms with Crippen LogP contribution in [0.4, 0.5) is 17.6 Å². The van der Waals surface area contributed by atoms with Gasteiger partial charge in [-0.3, -0.25) is 4.98 Å². The first-order valence-electron chi connectivity index (χ1n) is 9.99. The normalized spacial score (nSPS) is 19.5. The second-order valence-corrected chi connectivity index (χ2v) is 9.36. The molecule has 1 saturated heterocycles. The monoisotopic (exact) mass is 455 g/mol. The Hall–Kier alpha value is -2.69. The van der Waals surface area contributed by atoms with E-state index >= 15 is 0 Å². The third kappa shape index (κ3) is 3.54. The van der Waals surface area contributed by atoms with Crippen molar-refractivity contribution in [3.05, 3.63) is 46.9 Å². The molecule has 0 saturated carbocycles. The molecule has 3 aromatic heterocycles. The number of hydrogen-bond donors (Lipinski definition) is 3. The lowest BCUT2D eigenvalue weighted by atomic mass is 9.73. The number of anilines is 3. The summed E-state index contributed by atoms with van der Waals surface area (Å²) < 4.78 is 0. The zero-order chi connectivity index (χ0) is 21.6. The highest BCUT2D eigenvalue weighted by molar-refractivity contribution is 7.99. The van der Waals surface area contributed by atoms with Gasteiger partial charge >= 0.3 is 0 Å². The molecule has 5 rings (SSSR count). The van der Waals surface area contributed by atoms with Crippen molar-refractivity contribution < 1.29 is 0 Å². The lowest BCUT2D eigenvalue weighted by Crippen LogP contribution is -2.45. The van der Waals surface area contributed by atoms with Crippen LogP contribution < -0.4 is 22.1 Å². The fourth-order valence-corrected chi connectivity index (χ4v) is 5.44. The molecule has 4 heterocycles. The Kier molecular flexibility index (Phi) is 5.07. The summed E-state index contributed by atoms with van der Waals surface area (Å²) in [5.74, 6) is 1.09. The maximum absolute atomic E-state index is 6.63. The standard InChI is InChI=1S/C20H22ClN9S/c21-14-13(3-7-26-16(14)23)31-18-17(24)27-19(29-28-18)30-8-4-20(5-9-30)10-12-11(15(20)22)2-1-6-25-12/h1-3,6-7,15H,4-5,8-10,22H2,(H2,23,26)(H2,24,27,29)/t15-/m1/s1. The lowest BCUT2D eigenvalue weighted by molar-refractivity contribution is 0.186. The van der Waals surface area contributed by atoms with E-state index in [0.29, 0.717) is 26.7 Å². The molecule has 0 unspecified atom stereocenters. The van der Waals surface area contributed by atoms with E-state index in [9.17, 15) is 0 Å². The van der Waals surface area contributed by atoms with Crippen molar-refractivity contribution in [2.24, 2.45) is 11.1 Å². The number of rotatable bonds is 3. The van der Waals surface area contributed by atoms with Gasteiger partial charge in [0.15, 0.2) is 10.8 Å². The largest absolute Gasteiger partial charge is 0.382 e. The molecule has 1 atom stereocenters.